The minimum atomic E-state index is -0.573. The molecule has 0 aliphatic heterocycles. The molecule has 4 heteroatoms. The Labute approximate surface area is 107 Å². The van der Waals surface area contributed by atoms with Gasteiger partial charge >= 0.3 is 0 Å². The molecular formula is C15H9F2NO. The van der Waals surface area contributed by atoms with Crippen LogP contribution in [0.2, 0.25) is 0 Å². The molecule has 1 heterocycles. The number of halogens is 2. The Kier molecular flexibility index (Phi) is 2.63. The molecule has 3 aromatic rings. The van der Waals surface area contributed by atoms with Crippen LogP contribution in [-0.4, -0.2) is 11.3 Å². The number of aromatic amines is 1. The zero-order valence-electron chi connectivity index (χ0n) is 9.78. The summed E-state index contributed by atoms with van der Waals surface area (Å²) in [5, 5.41) is 0.691. The van der Waals surface area contributed by atoms with Gasteiger partial charge in [-0.3, -0.25) is 4.79 Å². The summed E-state index contributed by atoms with van der Waals surface area (Å²) in [4.78, 5) is 14.2. The molecule has 1 aromatic heterocycles. The van der Waals surface area contributed by atoms with Gasteiger partial charge in [0.15, 0.2) is 6.29 Å². The molecule has 0 bridgehead atoms. The van der Waals surface area contributed by atoms with Crippen LogP contribution in [0.1, 0.15) is 10.4 Å². The number of hydrogen-bond acceptors (Lipinski definition) is 1. The monoisotopic (exact) mass is 257 g/mol. The fourth-order valence-electron chi connectivity index (χ4n) is 2.19. The van der Waals surface area contributed by atoms with Gasteiger partial charge in [-0.05, 0) is 24.3 Å². The van der Waals surface area contributed by atoms with Crippen molar-refractivity contribution in [3.63, 3.8) is 0 Å². The number of hydrogen-bond donors (Lipinski definition) is 1. The molecule has 0 aliphatic rings. The summed E-state index contributed by atoms with van der Waals surface area (Å²) in [6.07, 6.45) is 0.651. The standard InChI is InChI=1S/C15H9F2NO/c16-9-5-6-13(17)11(7-9)15-12(8-19)10-3-1-2-4-14(10)18-15/h1-8,18H. The fraction of sp³-hybridized carbons (Fsp3) is 0. The molecule has 2 aromatic carbocycles. The third-order valence-corrected chi connectivity index (χ3v) is 3.06. The first-order chi connectivity index (χ1) is 9.20. The minimum absolute atomic E-state index is 0.0540. The summed E-state index contributed by atoms with van der Waals surface area (Å²) in [6, 6.07) is 10.3. The van der Waals surface area contributed by atoms with Crippen LogP contribution < -0.4 is 0 Å². The number of para-hydroxylation sites is 1. The van der Waals surface area contributed by atoms with Gasteiger partial charge in [0.1, 0.15) is 11.6 Å². The third kappa shape index (κ3) is 1.81. The van der Waals surface area contributed by atoms with E-state index in [1.54, 1.807) is 24.3 Å². The molecule has 0 saturated heterocycles. The van der Waals surface area contributed by atoms with Crippen molar-refractivity contribution in [2.45, 2.75) is 0 Å². The van der Waals surface area contributed by atoms with Crippen molar-refractivity contribution in [1.82, 2.24) is 4.98 Å². The Hall–Kier alpha value is -2.49. The number of aromatic nitrogens is 1. The lowest BCUT2D eigenvalue weighted by molar-refractivity contribution is 0.112. The summed E-state index contributed by atoms with van der Waals surface area (Å²) in [7, 11) is 0. The van der Waals surface area contributed by atoms with E-state index in [0.717, 1.165) is 18.2 Å². The van der Waals surface area contributed by atoms with E-state index in [4.69, 9.17) is 0 Å². The molecule has 0 spiro atoms. The van der Waals surface area contributed by atoms with E-state index < -0.39 is 11.6 Å². The fourth-order valence-corrected chi connectivity index (χ4v) is 2.19. The van der Waals surface area contributed by atoms with Gasteiger partial charge in [-0.15, -0.1) is 0 Å². The van der Waals surface area contributed by atoms with Gasteiger partial charge in [0.05, 0.1) is 5.69 Å². The largest absolute Gasteiger partial charge is 0.354 e. The molecule has 0 atom stereocenters. The highest BCUT2D eigenvalue weighted by Crippen LogP contribution is 2.31. The first-order valence-electron chi connectivity index (χ1n) is 5.72. The van der Waals surface area contributed by atoms with Crippen molar-refractivity contribution in [3.05, 3.63) is 59.7 Å². The molecule has 0 radical (unpaired) electrons. The van der Waals surface area contributed by atoms with E-state index in [0.29, 0.717) is 28.4 Å². The van der Waals surface area contributed by atoms with Crippen LogP contribution in [0.15, 0.2) is 42.5 Å². The highest BCUT2D eigenvalue weighted by molar-refractivity contribution is 6.04. The van der Waals surface area contributed by atoms with Crippen LogP contribution in [0.4, 0.5) is 8.78 Å². The first-order valence-corrected chi connectivity index (χ1v) is 5.72. The number of carbonyl (C=O) groups is 1. The van der Waals surface area contributed by atoms with Crippen molar-refractivity contribution < 1.29 is 13.6 Å². The predicted octanol–water partition coefficient (Wildman–Crippen LogP) is 3.93. The van der Waals surface area contributed by atoms with Crippen molar-refractivity contribution in [2.24, 2.45) is 0 Å². The Morgan fingerprint density at radius 1 is 1.05 bits per heavy atom. The van der Waals surface area contributed by atoms with E-state index in [1.807, 2.05) is 0 Å². The molecule has 0 aliphatic carbocycles. The van der Waals surface area contributed by atoms with Gasteiger partial charge in [-0.2, -0.15) is 0 Å². The number of H-pyrrole nitrogens is 1. The third-order valence-electron chi connectivity index (χ3n) is 3.06. The highest BCUT2D eigenvalue weighted by Gasteiger charge is 2.15. The van der Waals surface area contributed by atoms with Gasteiger partial charge in [-0.1, -0.05) is 18.2 Å². The van der Waals surface area contributed by atoms with E-state index in [9.17, 15) is 13.6 Å². The molecule has 2 nitrogen and oxygen atoms in total. The summed E-state index contributed by atoms with van der Waals surface area (Å²) in [5.74, 6) is -1.12. The topological polar surface area (TPSA) is 32.9 Å². The maximum Gasteiger partial charge on any atom is 0.152 e. The smallest absolute Gasteiger partial charge is 0.152 e. The molecular weight excluding hydrogens is 248 g/mol. The Balaban J connectivity index is 2.36. The highest BCUT2D eigenvalue weighted by atomic mass is 19.1. The maximum absolute atomic E-state index is 13.8. The lowest BCUT2D eigenvalue weighted by atomic mass is 10.1. The quantitative estimate of drug-likeness (QED) is 0.693. The molecule has 0 unspecified atom stereocenters. The zero-order chi connectivity index (χ0) is 13.4. The second-order valence-corrected chi connectivity index (χ2v) is 4.20. The second-order valence-electron chi connectivity index (χ2n) is 4.20. The van der Waals surface area contributed by atoms with Crippen LogP contribution >= 0.6 is 0 Å². The van der Waals surface area contributed by atoms with Crippen molar-refractivity contribution in [1.29, 1.82) is 0 Å². The van der Waals surface area contributed by atoms with Crippen molar-refractivity contribution in [3.8, 4) is 11.3 Å². The van der Waals surface area contributed by atoms with Gasteiger partial charge in [0.25, 0.3) is 0 Å². The summed E-state index contributed by atoms with van der Waals surface area (Å²) in [5.41, 5.74) is 1.40. The molecule has 19 heavy (non-hydrogen) atoms. The number of benzene rings is 2. The molecule has 3 rings (SSSR count). The van der Waals surface area contributed by atoms with E-state index in [-0.39, 0.29) is 5.56 Å². The number of aldehydes is 1. The van der Waals surface area contributed by atoms with Gasteiger partial charge in [0, 0.05) is 22.0 Å². The van der Waals surface area contributed by atoms with Gasteiger partial charge in [0.2, 0.25) is 0 Å². The summed E-state index contributed by atoms with van der Waals surface area (Å²) < 4.78 is 27.1. The summed E-state index contributed by atoms with van der Waals surface area (Å²) in [6.45, 7) is 0. The molecule has 1 N–H and O–H groups in total. The van der Waals surface area contributed by atoms with Crippen LogP contribution in [0.5, 0.6) is 0 Å². The number of nitrogens with one attached hydrogen (secondary N) is 1. The molecule has 0 fully saturated rings. The summed E-state index contributed by atoms with van der Waals surface area (Å²) >= 11 is 0. The second kappa shape index (κ2) is 4.31. The zero-order valence-corrected chi connectivity index (χ0v) is 9.78. The molecule has 0 saturated carbocycles. The van der Waals surface area contributed by atoms with Gasteiger partial charge < -0.3 is 4.98 Å². The van der Waals surface area contributed by atoms with Crippen LogP contribution in [0.3, 0.4) is 0 Å². The predicted molar refractivity (Wildman–Crippen MR) is 69.0 cm³/mol. The van der Waals surface area contributed by atoms with Gasteiger partial charge in [-0.25, -0.2) is 8.78 Å². The number of rotatable bonds is 2. The van der Waals surface area contributed by atoms with E-state index in [1.165, 1.54) is 0 Å². The normalized spacial score (nSPS) is 10.8. The average Bonchev–Trinajstić information content (AvgIpc) is 2.79. The Morgan fingerprint density at radius 3 is 2.63 bits per heavy atom. The van der Waals surface area contributed by atoms with Crippen LogP contribution in [-0.2, 0) is 0 Å². The Bertz CT molecular complexity index is 777. The minimum Gasteiger partial charge on any atom is -0.354 e. The lowest BCUT2D eigenvalue weighted by Crippen LogP contribution is -1.90. The van der Waals surface area contributed by atoms with Crippen LogP contribution in [0, 0.1) is 11.6 Å². The number of fused-ring (bicyclic) bond motifs is 1. The maximum atomic E-state index is 13.8. The lowest BCUT2D eigenvalue weighted by Gasteiger charge is -2.02. The number of carbonyl (C=O) groups excluding carboxylic acids is 1. The average molecular weight is 257 g/mol. The SMILES string of the molecule is O=Cc1c(-c2cc(F)ccc2F)[nH]c2ccccc12. The van der Waals surface area contributed by atoms with Crippen LogP contribution in [0.25, 0.3) is 22.2 Å². The van der Waals surface area contributed by atoms with Crippen molar-refractivity contribution in [2.75, 3.05) is 0 Å². The Morgan fingerprint density at radius 2 is 1.84 bits per heavy atom. The van der Waals surface area contributed by atoms with Crippen molar-refractivity contribution >= 4 is 17.2 Å². The van der Waals surface area contributed by atoms with E-state index >= 15 is 0 Å². The molecule has 0 amide bonds. The first kappa shape index (κ1) is 11.6. The van der Waals surface area contributed by atoms with E-state index in [2.05, 4.69) is 4.98 Å². The molecule has 94 valence electrons.